The standard InChI is InChI=1S/C21H23N5O/c1-13-5-7-15(8-6-13)18-19(27-4)21(25-12-24-18)26-16-9-10-17(14(2)11-16)20(22)23-3/h5-12H,1-4H3,(H2,22,23)(H,24,25,26). The summed E-state index contributed by atoms with van der Waals surface area (Å²) in [5, 5.41) is 3.31. The van der Waals surface area contributed by atoms with Gasteiger partial charge in [0.15, 0.2) is 11.6 Å². The summed E-state index contributed by atoms with van der Waals surface area (Å²) >= 11 is 0. The minimum absolute atomic E-state index is 0.514. The molecule has 3 N–H and O–H groups in total. The molecule has 3 aromatic rings. The van der Waals surface area contributed by atoms with Crippen LogP contribution >= 0.6 is 0 Å². The van der Waals surface area contributed by atoms with E-state index in [2.05, 4.69) is 27.2 Å². The molecule has 27 heavy (non-hydrogen) atoms. The molecule has 3 rings (SSSR count). The van der Waals surface area contributed by atoms with E-state index in [-0.39, 0.29) is 0 Å². The number of aromatic nitrogens is 2. The fourth-order valence-corrected chi connectivity index (χ4v) is 2.86. The highest BCUT2D eigenvalue weighted by molar-refractivity contribution is 5.99. The first-order valence-corrected chi connectivity index (χ1v) is 8.59. The molecule has 0 amide bonds. The quantitative estimate of drug-likeness (QED) is 0.532. The number of anilines is 2. The van der Waals surface area contributed by atoms with Crippen LogP contribution in [0.3, 0.4) is 0 Å². The fraction of sp³-hybridized carbons (Fsp3) is 0.190. The summed E-state index contributed by atoms with van der Waals surface area (Å²) in [5.74, 6) is 1.71. The van der Waals surface area contributed by atoms with Crippen molar-refractivity contribution < 1.29 is 4.74 Å². The second-order valence-corrected chi connectivity index (χ2v) is 6.23. The van der Waals surface area contributed by atoms with Crippen molar-refractivity contribution in [2.45, 2.75) is 13.8 Å². The van der Waals surface area contributed by atoms with Crippen LogP contribution in [0.25, 0.3) is 11.3 Å². The van der Waals surface area contributed by atoms with Crippen LogP contribution in [0.15, 0.2) is 53.8 Å². The van der Waals surface area contributed by atoms with Gasteiger partial charge in [-0.1, -0.05) is 29.8 Å². The average molecular weight is 361 g/mol. The highest BCUT2D eigenvalue weighted by atomic mass is 16.5. The molecule has 1 aromatic heterocycles. The van der Waals surface area contributed by atoms with E-state index in [4.69, 9.17) is 10.5 Å². The van der Waals surface area contributed by atoms with Gasteiger partial charge in [-0.25, -0.2) is 9.97 Å². The molecule has 0 aliphatic rings. The molecular formula is C21H23N5O. The van der Waals surface area contributed by atoms with Crippen LogP contribution in [-0.2, 0) is 0 Å². The van der Waals surface area contributed by atoms with Crippen molar-refractivity contribution in [1.82, 2.24) is 9.97 Å². The van der Waals surface area contributed by atoms with Crippen molar-refractivity contribution in [3.8, 4) is 17.0 Å². The molecule has 0 spiro atoms. The van der Waals surface area contributed by atoms with Crippen LogP contribution in [0.1, 0.15) is 16.7 Å². The van der Waals surface area contributed by atoms with E-state index in [1.165, 1.54) is 11.9 Å². The van der Waals surface area contributed by atoms with Crippen molar-refractivity contribution in [3.05, 3.63) is 65.5 Å². The number of amidine groups is 1. The van der Waals surface area contributed by atoms with Crippen LogP contribution in [0, 0.1) is 13.8 Å². The van der Waals surface area contributed by atoms with E-state index in [0.29, 0.717) is 17.4 Å². The van der Waals surface area contributed by atoms with E-state index in [1.54, 1.807) is 14.2 Å². The lowest BCUT2D eigenvalue weighted by atomic mass is 10.1. The van der Waals surface area contributed by atoms with Gasteiger partial charge in [0.2, 0.25) is 0 Å². The average Bonchev–Trinajstić information content (AvgIpc) is 2.68. The van der Waals surface area contributed by atoms with Gasteiger partial charge in [-0.3, -0.25) is 4.99 Å². The molecule has 0 saturated heterocycles. The lowest BCUT2D eigenvalue weighted by molar-refractivity contribution is 0.415. The molecule has 0 aliphatic heterocycles. The summed E-state index contributed by atoms with van der Waals surface area (Å²) < 4.78 is 5.62. The molecule has 0 saturated carbocycles. The highest BCUT2D eigenvalue weighted by Gasteiger charge is 2.14. The predicted octanol–water partition coefficient (Wildman–Crippen LogP) is 3.85. The lowest BCUT2D eigenvalue weighted by Gasteiger charge is -2.14. The summed E-state index contributed by atoms with van der Waals surface area (Å²) in [4.78, 5) is 12.8. The second-order valence-electron chi connectivity index (χ2n) is 6.23. The van der Waals surface area contributed by atoms with E-state index in [0.717, 1.165) is 28.1 Å². The molecule has 138 valence electrons. The third kappa shape index (κ3) is 3.89. The number of hydrogen-bond acceptors (Lipinski definition) is 5. The number of rotatable bonds is 5. The van der Waals surface area contributed by atoms with E-state index in [9.17, 15) is 0 Å². The number of hydrogen-bond donors (Lipinski definition) is 2. The Morgan fingerprint density at radius 3 is 2.44 bits per heavy atom. The Morgan fingerprint density at radius 1 is 1.07 bits per heavy atom. The first kappa shape index (κ1) is 18.4. The van der Waals surface area contributed by atoms with Gasteiger partial charge in [0.1, 0.15) is 17.9 Å². The zero-order valence-corrected chi connectivity index (χ0v) is 15.9. The Hall–Kier alpha value is -3.41. The van der Waals surface area contributed by atoms with Gasteiger partial charge >= 0.3 is 0 Å². The molecule has 0 aliphatic carbocycles. The number of benzene rings is 2. The van der Waals surface area contributed by atoms with Crippen molar-refractivity contribution >= 4 is 17.3 Å². The largest absolute Gasteiger partial charge is 0.491 e. The second kappa shape index (κ2) is 7.86. The number of aryl methyl sites for hydroxylation is 2. The SMILES string of the molecule is CN=C(N)c1ccc(Nc2ncnc(-c3ccc(C)cc3)c2OC)cc1C. The van der Waals surface area contributed by atoms with Gasteiger partial charge in [-0.15, -0.1) is 0 Å². The van der Waals surface area contributed by atoms with Crippen molar-refractivity contribution in [2.75, 3.05) is 19.5 Å². The Labute approximate surface area is 159 Å². The third-order valence-corrected chi connectivity index (χ3v) is 4.34. The summed E-state index contributed by atoms with van der Waals surface area (Å²) in [6.07, 6.45) is 1.53. The van der Waals surface area contributed by atoms with Crippen molar-refractivity contribution in [1.29, 1.82) is 0 Å². The van der Waals surface area contributed by atoms with E-state index < -0.39 is 0 Å². The number of methoxy groups -OCH3 is 1. The van der Waals surface area contributed by atoms with Gasteiger partial charge in [0.05, 0.1) is 7.11 Å². The smallest absolute Gasteiger partial charge is 0.187 e. The molecular weight excluding hydrogens is 338 g/mol. The lowest BCUT2D eigenvalue weighted by Crippen LogP contribution is -2.14. The normalized spacial score (nSPS) is 11.3. The fourth-order valence-electron chi connectivity index (χ4n) is 2.86. The predicted molar refractivity (Wildman–Crippen MR) is 110 cm³/mol. The molecule has 1 heterocycles. The number of ether oxygens (including phenoxy) is 1. The van der Waals surface area contributed by atoms with Gasteiger partial charge in [0.25, 0.3) is 0 Å². The van der Waals surface area contributed by atoms with E-state index in [1.807, 2.05) is 49.4 Å². The Kier molecular flexibility index (Phi) is 5.35. The first-order chi connectivity index (χ1) is 13.0. The Balaban J connectivity index is 1.97. The maximum absolute atomic E-state index is 5.93. The zero-order chi connectivity index (χ0) is 19.4. The molecule has 0 radical (unpaired) electrons. The molecule has 6 nitrogen and oxygen atoms in total. The monoisotopic (exact) mass is 361 g/mol. The molecule has 0 fully saturated rings. The Morgan fingerprint density at radius 2 is 1.81 bits per heavy atom. The minimum atomic E-state index is 0.514. The number of aliphatic imine (C=N–C) groups is 1. The maximum atomic E-state index is 5.93. The van der Waals surface area contributed by atoms with Crippen LogP contribution < -0.4 is 15.8 Å². The topological polar surface area (TPSA) is 85.4 Å². The summed E-state index contributed by atoms with van der Waals surface area (Å²) in [7, 11) is 3.30. The molecule has 0 bridgehead atoms. The highest BCUT2D eigenvalue weighted by Crippen LogP contribution is 2.34. The Bertz CT molecular complexity index is 980. The number of nitrogens with zero attached hydrogens (tertiary/aromatic N) is 3. The van der Waals surface area contributed by atoms with Crippen LogP contribution in [0.2, 0.25) is 0 Å². The van der Waals surface area contributed by atoms with E-state index >= 15 is 0 Å². The molecule has 0 atom stereocenters. The summed E-state index contributed by atoms with van der Waals surface area (Å²) in [5.41, 5.74) is 11.7. The first-order valence-electron chi connectivity index (χ1n) is 8.59. The van der Waals surface area contributed by atoms with Crippen LogP contribution in [-0.4, -0.2) is 30.0 Å². The number of nitrogens with one attached hydrogen (secondary N) is 1. The number of nitrogens with two attached hydrogens (primary N) is 1. The van der Waals surface area contributed by atoms with Crippen LogP contribution in [0.5, 0.6) is 5.75 Å². The minimum Gasteiger partial charge on any atom is -0.491 e. The van der Waals surface area contributed by atoms with Gasteiger partial charge < -0.3 is 15.8 Å². The van der Waals surface area contributed by atoms with Crippen molar-refractivity contribution in [2.24, 2.45) is 10.7 Å². The van der Waals surface area contributed by atoms with Gasteiger partial charge in [-0.2, -0.15) is 0 Å². The van der Waals surface area contributed by atoms with Crippen LogP contribution in [0.4, 0.5) is 11.5 Å². The maximum Gasteiger partial charge on any atom is 0.187 e. The summed E-state index contributed by atoms with van der Waals surface area (Å²) in [6, 6.07) is 14.0. The molecule has 6 heteroatoms. The zero-order valence-electron chi connectivity index (χ0n) is 15.9. The van der Waals surface area contributed by atoms with Gasteiger partial charge in [0, 0.05) is 23.9 Å². The molecule has 0 unspecified atom stereocenters. The summed E-state index contributed by atoms with van der Waals surface area (Å²) in [6.45, 7) is 4.05. The van der Waals surface area contributed by atoms with Crippen molar-refractivity contribution in [3.63, 3.8) is 0 Å². The molecule has 2 aromatic carbocycles. The van der Waals surface area contributed by atoms with Gasteiger partial charge in [-0.05, 0) is 37.6 Å². The third-order valence-electron chi connectivity index (χ3n) is 4.34.